The molecule has 0 heterocycles. The maximum absolute atomic E-state index is 5.92. The first-order chi connectivity index (χ1) is 8.24. The molecule has 94 valence electrons. The first-order valence-corrected chi connectivity index (χ1v) is 6.74. The van der Waals surface area contributed by atoms with Gasteiger partial charge in [-0.2, -0.15) is 0 Å². The fraction of sp³-hybridized carbons (Fsp3) is 0.385. The Balaban J connectivity index is 2.13. The third-order valence-electron chi connectivity index (χ3n) is 2.20. The number of halogens is 2. The maximum atomic E-state index is 5.92. The molecule has 2 nitrogen and oxygen atoms in total. The fourth-order valence-electron chi connectivity index (χ4n) is 1.30. The summed E-state index contributed by atoms with van der Waals surface area (Å²) in [5.41, 5.74) is 1.20. The summed E-state index contributed by atoms with van der Waals surface area (Å²) in [6.45, 7) is 6.78. The summed E-state index contributed by atoms with van der Waals surface area (Å²) in [4.78, 5) is 0. The molecule has 1 aromatic rings. The average molecular weight is 319 g/mol. The van der Waals surface area contributed by atoms with Gasteiger partial charge < -0.3 is 10.1 Å². The van der Waals surface area contributed by atoms with Gasteiger partial charge in [-0.25, -0.2) is 0 Å². The number of ether oxygens (including phenoxy) is 1. The lowest BCUT2D eigenvalue weighted by atomic mass is 10.2. The van der Waals surface area contributed by atoms with Gasteiger partial charge in [-0.1, -0.05) is 23.7 Å². The Morgan fingerprint density at radius 1 is 1.41 bits per heavy atom. The van der Waals surface area contributed by atoms with Gasteiger partial charge >= 0.3 is 0 Å². The third kappa shape index (κ3) is 6.22. The predicted octanol–water partition coefficient (Wildman–Crippen LogP) is 3.78. The van der Waals surface area contributed by atoms with E-state index in [9.17, 15) is 0 Å². The molecule has 0 aromatic heterocycles. The number of hydrogen-bond donors (Lipinski definition) is 1. The van der Waals surface area contributed by atoms with E-state index in [4.69, 9.17) is 16.3 Å². The highest BCUT2D eigenvalue weighted by Gasteiger charge is 1.98. The second-order valence-electron chi connectivity index (χ2n) is 3.61. The van der Waals surface area contributed by atoms with E-state index in [1.54, 1.807) is 0 Å². The largest absolute Gasteiger partial charge is 0.380 e. The van der Waals surface area contributed by atoms with E-state index in [0.717, 1.165) is 42.2 Å². The lowest BCUT2D eigenvalue weighted by Crippen LogP contribution is -2.19. The Morgan fingerprint density at radius 2 is 2.24 bits per heavy atom. The minimum Gasteiger partial charge on any atom is -0.380 e. The molecule has 0 fully saturated rings. The van der Waals surface area contributed by atoms with Crippen LogP contribution in [0.5, 0.6) is 0 Å². The Hall–Kier alpha value is -0.350. The van der Waals surface area contributed by atoms with E-state index >= 15 is 0 Å². The Bertz CT molecular complexity index is 357. The van der Waals surface area contributed by atoms with Gasteiger partial charge in [0.15, 0.2) is 0 Å². The SMILES string of the molecule is C=CCCOCCNCc1ccc(Cl)c(Br)c1. The molecule has 0 aliphatic rings. The zero-order valence-electron chi connectivity index (χ0n) is 9.72. The normalized spacial score (nSPS) is 10.5. The molecule has 0 aliphatic carbocycles. The first-order valence-electron chi connectivity index (χ1n) is 5.57. The molecular weight excluding hydrogens is 302 g/mol. The molecule has 17 heavy (non-hydrogen) atoms. The number of hydrogen-bond acceptors (Lipinski definition) is 2. The van der Waals surface area contributed by atoms with E-state index < -0.39 is 0 Å². The van der Waals surface area contributed by atoms with Crippen LogP contribution < -0.4 is 5.32 Å². The van der Waals surface area contributed by atoms with E-state index in [-0.39, 0.29) is 0 Å². The van der Waals surface area contributed by atoms with Gasteiger partial charge in [0.25, 0.3) is 0 Å². The van der Waals surface area contributed by atoms with Gasteiger partial charge in [-0.05, 0) is 40.0 Å². The number of benzene rings is 1. The van der Waals surface area contributed by atoms with Gasteiger partial charge in [0.2, 0.25) is 0 Å². The highest BCUT2D eigenvalue weighted by Crippen LogP contribution is 2.22. The van der Waals surface area contributed by atoms with Crippen molar-refractivity contribution in [1.82, 2.24) is 5.32 Å². The lowest BCUT2D eigenvalue weighted by molar-refractivity contribution is 0.140. The van der Waals surface area contributed by atoms with E-state index in [2.05, 4.69) is 27.8 Å². The van der Waals surface area contributed by atoms with Gasteiger partial charge in [0, 0.05) is 17.6 Å². The van der Waals surface area contributed by atoms with Crippen LogP contribution >= 0.6 is 27.5 Å². The molecule has 0 radical (unpaired) electrons. The summed E-state index contributed by atoms with van der Waals surface area (Å²) in [5, 5.41) is 4.05. The zero-order chi connectivity index (χ0) is 12.5. The topological polar surface area (TPSA) is 21.3 Å². The summed E-state index contributed by atoms with van der Waals surface area (Å²) in [5.74, 6) is 0. The molecule has 0 atom stereocenters. The average Bonchev–Trinajstić information content (AvgIpc) is 2.32. The molecule has 1 aromatic carbocycles. The Kier molecular flexibility index (Phi) is 7.53. The molecule has 0 bridgehead atoms. The van der Waals surface area contributed by atoms with Crippen LogP contribution in [0.4, 0.5) is 0 Å². The van der Waals surface area contributed by atoms with Gasteiger partial charge in [0.05, 0.1) is 18.2 Å². The monoisotopic (exact) mass is 317 g/mol. The van der Waals surface area contributed by atoms with Crippen LogP contribution in [0, 0.1) is 0 Å². The van der Waals surface area contributed by atoms with Crippen LogP contribution in [0.2, 0.25) is 5.02 Å². The van der Waals surface area contributed by atoms with Crippen molar-refractivity contribution in [1.29, 1.82) is 0 Å². The van der Waals surface area contributed by atoms with Crippen molar-refractivity contribution in [3.8, 4) is 0 Å². The minimum atomic E-state index is 0.725. The summed E-state index contributed by atoms with van der Waals surface area (Å²) in [7, 11) is 0. The van der Waals surface area contributed by atoms with Crippen molar-refractivity contribution in [3.05, 3.63) is 45.9 Å². The highest BCUT2D eigenvalue weighted by molar-refractivity contribution is 9.10. The molecule has 4 heteroatoms. The lowest BCUT2D eigenvalue weighted by Gasteiger charge is -2.06. The molecule has 1 N–H and O–H groups in total. The van der Waals surface area contributed by atoms with Gasteiger partial charge in [-0.3, -0.25) is 0 Å². The molecular formula is C13H17BrClNO. The molecule has 1 rings (SSSR count). The number of nitrogens with one attached hydrogen (secondary N) is 1. The molecule has 0 saturated heterocycles. The summed E-state index contributed by atoms with van der Waals surface area (Å²) in [6.07, 6.45) is 2.77. The molecule has 0 spiro atoms. The second-order valence-corrected chi connectivity index (χ2v) is 4.88. The summed E-state index contributed by atoms with van der Waals surface area (Å²) >= 11 is 9.32. The van der Waals surface area contributed by atoms with Crippen molar-refractivity contribution in [2.45, 2.75) is 13.0 Å². The van der Waals surface area contributed by atoms with Crippen LogP contribution in [0.15, 0.2) is 35.3 Å². The van der Waals surface area contributed by atoms with Crippen LogP contribution in [0.1, 0.15) is 12.0 Å². The van der Waals surface area contributed by atoms with E-state index in [0.29, 0.717) is 0 Å². The smallest absolute Gasteiger partial charge is 0.0591 e. The Morgan fingerprint density at radius 3 is 2.94 bits per heavy atom. The van der Waals surface area contributed by atoms with Crippen molar-refractivity contribution in [3.63, 3.8) is 0 Å². The van der Waals surface area contributed by atoms with Crippen LogP contribution in [-0.4, -0.2) is 19.8 Å². The van der Waals surface area contributed by atoms with Crippen molar-refractivity contribution >= 4 is 27.5 Å². The van der Waals surface area contributed by atoms with Gasteiger partial charge in [0.1, 0.15) is 0 Å². The van der Waals surface area contributed by atoms with Crippen molar-refractivity contribution in [2.24, 2.45) is 0 Å². The molecule has 0 saturated carbocycles. The fourth-order valence-corrected chi connectivity index (χ4v) is 1.84. The van der Waals surface area contributed by atoms with E-state index in [1.165, 1.54) is 5.56 Å². The zero-order valence-corrected chi connectivity index (χ0v) is 12.1. The maximum Gasteiger partial charge on any atom is 0.0591 e. The molecule has 0 unspecified atom stereocenters. The van der Waals surface area contributed by atoms with E-state index in [1.807, 2.05) is 24.3 Å². The highest BCUT2D eigenvalue weighted by atomic mass is 79.9. The first kappa shape index (κ1) is 14.7. The van der Waals surface area contributed by atoms with Gasteiger partial charge in [-0.15, -0.1) is 6.58 Å². The Labute approximate surface area is 116 Å². The standard InChI is InChI=1S/C13H17BrClNO/c1-2-3-7-17-8-6-16-10-11-4-5-13(15)12(14)9-11/h2,4-5,9,16H,1,3,6-8,10H2. The molecule has 0 amide bonds. The van der Waals surface area contributed by atoms with Crippen molar-refractivity contribution in [2.75, 3.05) is 19.8 Å². The second kappa shape index (κ2) is 8.70. The van der Waals surface area contributed by atoms with Crippen LogP contribution in [-0.2, 0) is 11.3 Å². The summed E-state index contributed by atoms with van der Waals surface area (Å²) < 4.78 is 6.32. The summed E-state index contributed by atoms with van der Waals surface area (Å²) in [6, 6.07) is 5.93. The van der Waals surface area contributed by atoms with Crippen LogP contribution in [0.3, 0.4) is 0 Å². The third-order valence-corrected chi connectivity index (χ3v) is 3.42. The molecule has 0 aliphatic heterocycles. The number of rotatable bonds is 8. The van der Waals surface area contributed by atoms with Crippen molar-refractivity contribution < 1.29 is 4.74 Å². The predicted molar refractivity (Wildman–Crippen MR) is 76.5 cm³/mol. The quantitative estimate of drug-likeness (QED) is 0.582. The van der Waals surface area contributed by atoms with Crippen LogP contribution in [0.25, 0.3) is 0 Å². The minimum absolute atomic E-state index is 0.725.